The second-order valence-corrected chi connectivity index (χ2v) is 6.63. The Bertz CT molecular complexity index is 1080. The largest absolute Gasteiger partial charge is 0.331 e. The number of imidazole rings is 1. The van der Waals surface area contributed by atoms with E-state index in [0.717, 1.165) is 18.5 Å². The number of hydrogen-bond donors (Lipinski definition) is 1. The number of aromatic amines is 1. The third-order valence-corrected chi connectivity index (χ3v) is 4.87. The van der Waals surface area contributed by atoms with Crippen molar-refractivity contribution in [3.8, 4) is 5.69 Å². The molecule has 1 aromatic carbocycles. The van der Waals surface area contributed by atoms with Gasteiger partial charge in [0.2, 0.25) is 0 Å². The van der Waals surface area contributed by atoms with Crippen LogP contribution in [-0.4, -0.2) is 14.1 Å². The van der Waals surface area contributed by atoms with Gasteiger partial charge in [0.15, 0.2) is 0 Å². The van der Waals surface area contributed by atoms with Crippen LogP contribution < -0.4 is 11.2 Å². The zero-order valence-corrected chi connectivity index (χ0v) is 13.9. The number of halogens is 2. The van der Waals surface area contributed by atoms with E-state index in [1.54, 1.807) is 17.6 Å². The van der Waals surface area contributed by atoms with Gasteiger partial charge >= 0.3 is 5.69 Å². The lowest BCUT2D eigenvalue weighted by atomic mass is 10.2. The van der Waals surface area contributed by atoms with Crippen LogP contribution in [0.15, 0.2) is 32.3 Å². The van der Waals surface area contributed by atoms with E-state index in [4.69, 9.17) is 0 Å². The number of H-pyrrole nitrogens is 1. The number of benzene rings is 1. The molecule has 0 bridgehead atoms. The highest BCUT2D eigenvalue weighted by Gasteiger charge is 2.24. The first-order valence-corrected chi connectivity index (χ1v) is 8.11. The molecule has 7 heteroatoms. The molecule has 1 aliphatic rings. The summed E-state index contributed by atoms with van der Waals surface area (Å²) < 4.78 is 17.9. The maximum atomic E-state index is 14.3. The molecule has 0 unspecified atom stereocenters. The summed E-state index contributed by atoms with van der Waals surface area (Å²) in [4.78, 5) is 27.8. The Balaban J connectivity index is 2.17. The number of rotatable bonds is 1. The summed E-state index contributed by atoms with van der Waals surface area (Å²) in [6.07, 6.45) is 1.60. The van der Waals surface area contributed by atoms with Crippen LogP contribution in [0.4, 0.5) is 4.39 Å². The lowest BCUT2D eigenvalue weighted by Crippen LogP contribution is -2.23. The Morgan fingerprint density at radius 2 is 2.09 bits per heavy atom. The molecule has 2 aromatic heterocycles. The fourth-order valence-corrected chi connectivity index (χ4v) is 3.69. The third kappa shape index (κ3) is 1.96. The van der Waals surface area contributed by atoms with Gasteiger partial charge in [0.25, 0.3) is 5.56 Å². The molecule has 4 rings (SSSR count). The number of pyridine rings is 1. The van der Waals surface area contributed by atoms with Crippen LogP contribution in [0.5, 0.6) is 0 Å². The normalized spacial score (nSPS) is 13.7. The van der Waals surface area contributed by atoms with Crippen LogP contribution in [0.3, 0.4) is 0 Å². The lowest BCUT2D eigenvalue weighted by molar-refractivity contribution is 0.617. The van der Waals surface area contributed by atoms with Crippen molar-refractivity contribution >= 4 is 27.0 Å². The SMILES string of the molecule is Cc1c(=O)n2c(c3[nH]c(=O)n(-c4ccc(Br)cc4F)c13)CCC2. The van der Waals surface area contributed by atoms with Gasteiger partial charge in [-0.15, -0.1) is 0 Å². The van der Waals surface area contributed by atoms with Crippen LogP contribution in [0.25, 0.3) is 16.7 Å². The molecule has 118 valence electrons. The molecule has 0 fully saturated rings. The van der Waals surface area contributed by atoms with Crippen molar-refractivity contribution in [1.82, 2.24) is 14.1 Å². The third-order valence-electron chi connectivity index (χ3n) is 4.38. The highest BCUT2D eigenvalue weighted by atomic mass is 79.9. The first-order chi connectivity index (χ1) is 11.0. The standard InChI is InChI=1S/C16H13BrFN3O2/c1-8-14-13(12-3-2-6-20(12)15(8)22)19-16(23)21(14)11-5-4-9(17)7-10(11)18/h4-5,7H,2-3,6H2,1H3,(H,19,23). The van der Waals surface area contributed by atoms with Crippen molar-refractivity contribution in [2.75, 3.05) is 0 Å². The van der Waals surface area contributed by atoms with Gasteiger partial charge in [-0.05, 0) is 38.0 Å². The van der Waals surface area contributed by atoms with Gasteiger partial charge in [0.1, 0.15) is 5.82 Å². The minimum atomic E-state index is -0.526. The lowest BCUT2D eigenvalue weighted by Gasteiger charge is -2.10. The smallest absolute Gasteiger partial charge is 0.310 e. The second-order valence-electron chi connectivity index (χ2n) is 5.72. The van der Waals surface area contributed by atoms with E-state index in [-0.39, 0.29) is 11.2 Å². The van der Waals surface area contributed by atoms with Crippen LogP contribution in [0.2, 0.25) is 0 Å². The average molecular weight is 378 g/mol. The highest BCUT2D eigenvalue weighted by Crippen LogP contribution is 2.26. The van der Waals surface area contributed by atoms with E-state index in [2.05, 4.69) is 20.9 Å². The number of fused-ring (bicyclic) bond motifs is 3. The summed E-state index contributed by atoms with van der Waals surface area (Å²) in [5.74, 6) is -0.526. The molecule has 5 nitrogen and oxygen atoms in total. The van der Waals surface area contributed by atoms with Gasteiger partial charge in [-0.25, -0.2) is 9.18 Å². The molecule has 1 aliphatic heterocycles. The van der Waals surface area contributed by atoms with Crippen LogP contribution in [0, 0.1) is 12.7 Å². The Hall–Kier alpha value is -2.15. The number of nitrogens with one attached hydrogen (secondary N) is 1. The Morgan fingerprint density at radius 3 is 2.83 bits per heavy atom. The van der Waals surface area contributed by atoms with Crippen molar-refractivity contribution in [3.63, 3.8) is 0 Å². The zero-order chi connectivity index (χ0) is 16.3. The first-order valence-electron chi connectivity index (χ1n) is 7.31. The summed E-state index contributed by atoms with van der Waals surface area (Å²) in [7, 11) is 0. The predicted octanol–water partition coefficient (Wildman–Crippen LogP) is 2.64. The molecule has 0 aliphatic carbocycles. The maximum absolute atomic E-state index is 14.3. The summed E-state index contributed by atoms with van der Waals surface area (Å²) in [6.45, 7) is 2.33. The summed E-state index contributed by atoms with van der Waals surface area (Å²) in [5, 5.41) is 0. The number of aryl methyl sites for hydroxylation is 2. The topological polar surface area (TPSA) is 59.8 Å². The quantitative estimate of drug-likeness (QED) is 0.708. The average Bonchev–Trinajstić information content (AvgIpc) is 3.10. The Labute approximate surface area is 138 Å². The van der Waals surface area contributed by atoms with Crippen molar-refractivity contribution in [1.29, 1.82) is 0 Å². The molecular formula is C16H13BrFN3O2. The van der Waals surface area contributed by atoms with Crippen molar-refractivity contribution in [2.45, 2.75) is 26.3 Å². The molecule has 0 atom stereocenters. The summed E-state index contributed by atoms with van der Waals surface area (Å²) >= 11 is 3.21. The van der Waals surface area contributed by atoms with E-state index in [1.807, 2.05) is 0 Å². The van der Waals surface area contributed by atoms with Gasteiger partial charge in [-0.1, -0.05) is 15.9 Å². The molecule has 0 amide bonds. The number of hydrogen-bond acceptors (Lipinski definition) is 2. The van der Waals surface area contributed by atoms with Crippen molar-refractivity contribution < 1.29 is 4.39 Å². The molecule has 3 aromatic rings. The number of aromatic nitrogens is 3. The molecule has 0 radical (unpaired) electrons. The highest BCUT2D eigenvalue weighted by molar-refractivity contribution is 9.10. The predicted molar refractivity (Wildman–Crippen MR) is 88.9 cm³/mol. The zero-order valence-electron chi connectivity index (χ0n) is 12.3. The van der Waals surface area contributed by atoms with Gasteiger partial charge in [-0.3, -0.25) is 9.36 Å². The van der Waals surface area contributed by atoms with Crippen molar-refractivity contribution in [2.24, 2.45) is 0 Å². The minimum absolute atomic E-state index is 0.115. The van der Waals surface area contributed by atoms with Gasteiger partial charge in [0, 0.05) is 22.3 Å². The molecule has 23 heavy (non-hydrogen) atoms. The molecule has 0 saturated carbocycles. The van der Waals surface area contributed by atoms with Gasteiger partial charge in [0.05, 0.1) is 16.7 Å². The van der Waals surface area contributed by atoms with E-state index in [9.17, 15) is 14.0 Å². The molecule has 3 heterocycles. The van der Waals surface area contributed by atoms with E-state index < -0.39 is 11.5 Å². The second kappa shape index (κ2) is 4.92. The van der Waals surface area contributed by atoms with E-state index >= 15 is 0 Å². The molecule has 0 saturated heterocycles. The van der Waals surface area contributed by atoms with E-state index in [0.29, 0.717) is 27.6 Å². The maximum Gasteiger partial charge on any atom is 0.331 e. The fourth-order valence-electron chi connectivity index (χ4n) is 3.35. The minimum Gasteiger partial charge on any atom is -0.310 e. The first kappa shape index (κ1) is 14.4. The van der Waals surface area contributed by atoms with Crippen LogP contribution in [0.1, 0.15) is 17.7 Å². The summed E-state index contributed by atoms with van der Waals surface area (Å²) in [6, 6.07) is 4.49. The molecule has 1 N–H and O–H groups in total. The molecule has 0 spiro atoms. The van der Waals surface area contributed by atoms with Crippen LogP contribution in [-0.2, 0) is 13.0 Å². The summed E-state index contributed by atoms with van der Waals surface area (Å²) in [5.41, 5.74) is 1.95. The van der Waals surface area contributed by atoms with Gasteiger partial charge < -0.3 is 9.55 Å². The fraction of sp³-hybridized carbons (Fsp3) is 0.250. The van der Waals surface area contributed by atoms with Gasteiger partial charge in [-0.2, -0.15) is 0 Å². The van der Waals surface area contributed by atoms with Crippen LogP contribution >= 0.6 is 15.9 Å². The Kier molecular flexibility index (Phi) is 3.09. The number of nitrogens with zero attached hydrogens (tertiary/aromatic N) is 2. The van der Waals surface area contributed by atoms with Crippen molar-refractivity contribution in [3.05, 3.63) is 60.6 Å². The Morgan fingerprint density at radius 1 is 1.30 bits per heavy atom. The molecular weight excluding hydrogens is 365 g/mol. The monoisotopic (exact) mass is 377 g/mol. The van der Waals surface area contributed by atoms with E-state index in [1.165, 1.54) is 16.7 Å².